The van der Waals surface area contributed by atoms with E-state index in [2.05, 4.69) is 11.8 Å². The first kappa shape index (κ1) is 12.0. The summed E-state index contributed by atoms with van der Waals surface area (Å²) in [6.45, 7) is -0.0704. The van der Waals surface area contributed by atoms with Crippen molar-refractivity contribution >= 4 is 5.97 Å². The molecule has 2 N–H and O–H groups in total. The van der Waals surface area contributed by atoms with Gasteiger partial charge in [0, 0.05) is 12.8 Å². The van der Waals surface area contributed by atoms with E-state index in [9.17, 15) is 4.79 Å². The van der Waals surface area contributed by atoms with Crippen LogP contribution in [0.15, 0.2) is 0 Å². The third-order valence-corrected chi connectivity index (χ3v) is 1.65. The van der Waals surface area contributed by atoms with E-state index in [1.165, 1.54) is 0 Å². The summed E-state index contributed by atoms with van der Waals surface area (Å²) in [4.78, 5) is 10.1. The van der Waals surface area contributed by atoms with Crippen LogP contribution >= 0.6 is 0 Å². The molecule has 13 heavy (non-hydrogen) atoms. The molecule has 0 bridgehead atoms. The van der Waals surface area contributed by atoms with Crippen LogP contribution in [0, 0.1) is 11.8 Å². The molecular weight excluding hydrogens is 168 g/mol. The van der Waals surface area contributed by atoms with Crippen molar-refractivity contribution in [3.05, 3.63) is 0 Å². The highest BCUT2D eigenvalue weighted by Crippen LogP contribution is 2.04. The van der Waals surface area contributed by atoms with Crippen molar-refractivity contribution in [3.63, 3.8) is 0 Å². The number of carboxylic acids is 1. The Hall–Kier alpha value is -1.01. The van der Waals surface area contributed by atoms with Crippen LogP contribution < -0.4 is 0 Å². The fourth-order valence-electron chi connectivity index (χ4n) is 0.987. The topological polar surface area (TPSA) is 57.5 Å². The van der Waals surface area contributed by atoms with Gasteiger partial charge < -0.3 is 10.2 Å². The first-order chi connectivity index (χ1) is 6.27. The van der Waals surface area contributed by atoms with E-state index in [1.54, 1.807) is 0 Å². The number of aliphatic hydroxyl groups is 1. The van der Waals surface area contributed by atoms with Crippen LogP contribution in [0.4, 0.5) is 0 Å². The van der Waals surface area contributed by atoms with E-state index in [0.717, 1.165) is 32.1 Å². The molecule has 0 aliphatic rings. The second-order valence-electron chi connectivity index (χ2n) is 2.82. The van der Waals surface area contributed by atoms with Gasteiger partial charge in [0.2, 0.25) is 0 Å². The number of aliphatic hydroxyl groups excluding tert-OH is 1. The zero-order valence-electron chi connectivity index (χ0n) is 7.75. The van der Waals surface area contributed by atoms with Crippen molar-refractivity contribution in [3.8, 4) is 11.8 Å². The Morgan fingerprint density at radius 1 is 1.08 bits per heavy atom. The lowest BCUT2D eigenvalue weighted by Crippen LogP contribution is -1.93. The number of rotatable bonds is 6. The average Bonchev–Trinajstić information content (AvgIpc) is 2.09. The standard InChI is InChI=1S/C10H16O3/c11-9-7-5-3-1-2-4-6-8-10(12)13/h11H,1-4,6,8-9H2,(H,12,13). The van der Waals surface area contributed by atoms with Gasteiger partial charge in [-0.3, -0.25) is 4.79 Å². The molecule has 0 aliphatic carbocycles. The van der Waals surface area contributed by atoms with Crippen LogP contribution in [0.3, 0.4) is 0 Å². The molecule has 3 nitrogen and oxygen atoms in total. The van der Waals surface area contributed by atoms with Crippen LogP contribution in [0.1, 0.15) is 38.5 Å². The molecule has 74 valence electrons. The number of carboxylic acid groups (broad SMARTS) is 1. The number of aliphatic carboxylic acids is 1. The van der Waals surface area contributed by atoms with Crippen molar-refractivity contribution in [1.82, 2.24) is 0 Å². The van der Waals surface area contributed by atoms with Gasteiger partial charge in [-0.1, -0.05) is 18.8 Å². The highest BCUT2D eigenvalue weighted by molar-refractivity contribution is 5.66. The van der Waals surface area contributed by atoms with E-state index in [1.807, 2.05) is 0 Å². The number of unbranched alkanes of at least 4 members (excludes halogenated alkanes) is 4. The van der Waals surface area contributed by atoms with Gasteiger partial charge in [-0.15, -0.1) is 5.92 Å². The largest absolute Gasteiger partial charge is 0.481 e. The summed E-state index contributed by atoms with van der Waals surface area (Å²) in [6, 6.07) is 0. The van der Waals surface area contributed by atoms with Crippen LogP contribution in [0.25, 0.3) is 0 Å². The quantitative estimate of drug-likeness (QED) is 0.484. The molecule has 0 aliphatic heterocycles. The third-order valence-electron chi connectivity index (χ3n) is 1.65. The molecule has 0 unspecified atom stereocenters. The molecule has 0 amide bonds. The maximum absolute atomic E-state index is 10.1. The number of hydrogen-bond donors (Lipinski definition) is 2. The predicted molar refractivity (Wildman–Crippen MR) is 50.2 cm³/mol. The minimum absolute atomic E-state index is 0.0704. The molecule has 0 saturated carbocycles. The molecule has 0 atom stereocenters. The van der Waals surface area contributed by atoms with Gasteiger partial charge in [0.05, 0.1) is 0 Å². The number of carbonyl (C=O) groups is 1. The van der Waals surface area contributed by atoms with E-state index in [4.69, 9.17) is 10.2 Å². The summed E-state index contributed by atoms with van der Waals surface area (Å²) in [5, 5.41) is 16.7. The fraction of sp³-hybridized carbons (Fsp3) is 0.700. The van der Waals surface area contributed by atoms with E-state index in [0.29, 0.717) is 0 Å². The maximum atomic E-state index is 10.1. The second kappa shape index (κ2) is 9.08. The van der Waals surface area contributed by atoms with Gasteiger partial charge in [0.25, 0.3) is 0 Å². The molecule has 0 heterocycles. The van der Waals surface area contributed by atoms with Crippen molar-refractivity contribution in [2.75, 3.05) is 6.61 Å². The Morgan fingerprint density at radius 2 is 1.77 bits per heavy atom. The van der Waals surface area contributed by atoms with Gasteiger partial charge in [0.1, 0.15) is 6.61 Å². The first-order valence-corrected chi connectivity index (χ1v) is 4.55. The minimum Gasteiger partial charge on any atom is -0.481 e. The summed E-state index contributed by atoms with van der Waals surface area (Å²) in [5.41, 5.74) is 0. The lowest BCUT2D eigenvalue weighted by molar-refractivity contribution is -0.137. The molecule has 0 aromatic heterocycles. The first-order valence-electron chi connectivity index (χ1n) is 4.55. The van der Waals surface area contributed by atoms with Crippen LogP contribution in [-0.2, 0) is 4.79 Å². The number of hydrogen-bond acceptors (Lipinski definition) is 2. The van der Waals surface area contributed by atoms with Crippen molar-refractivity contribution in [2.45, 2.75) is 38.5 Å². The van der Waals surface area contributed by atoms with Crippen LogP contribution in [0.5, 0.6) is 0 Å². The summed E-state index contributed by atoms with van der Waals surface area (Å²) < 4.78 is 0. The fourth-order valence-corrected chi connectivity index (χ4v) is 0.987. The SMILES string of the molecule is O=C(O)CCCCCCC#CCO. The average molecular weight is 184 g/mol. The molecule has 0 radical (unpaired) electrons. The molecule has 3 heteroatoms. The van der Waals surface area contributed by atoms with E-state index in [-0.39, 0.29) is 13.0 Å². The zero-order valence-corrected chi connectivity index (χ0v) is 7.75. The summed E-state index contributed by atoms with van der Waals surface area (Å²) in [5.74, 6) is 4.67. The zero-order chi connectivity index (χ0) is 9.94. The Bertz CT molecular complexity index is 188. The van der Waals surface area contributed by atoms with E-state index >= 15 is 0 Å². The van der Waals surface area contributed by atoms with Gasteiger partial charge in [-0.2, -0.15) is 0 Å². The smallest absolute Gasteiger partial charge is 0.303 e. The molecule has 0 rings (SSSR count). The lowest BCUT2D eigenvalue weighted by atomic mass is 10.1. The van der Waals surface area contributed by atoms with Crippen molar-refractivity contribution < 1.29 is 15.0 Å². The summed E-state index contributed by atoms with van der Waals surface area (Å²) >= 11 is 0. The second-order valence-corrected chi connectivity index (χ2v) is 2.82. The molecule has 0 saturated heterocycles. The van der Waals surface area contributed by atoms with Crippen molar-refractivity contribution in [1.29, 1.82) is 0 Å². The highest BCUT2D eigenvalue weighted by atomic mass is 16.4. The summed E-state index contributed by atoms with van der Waals surface area (Å²) in [7, 11) is 0. The van der Waals surface area contributed by atoms with Gasteiger partial charge >= 0.3 is 5.97 Å². The van der Waals surface area contributed by atoms with E-state index < -0.39 is 5.97 Å². The Labute approximate surface area is 78.8 Å². The molecule has 0 spiro atoms. The Balaban J connectivity index is 3.04. The van der Waals surface area contributed by atoms with Crippen LogP contribution in [-0.4, -0.2) is 22.8 Å². The lowest BCUT2D eigenvalue weighted by Gasteiger charge is -1.95. The monoisotopic (exact) mass is 184 g/mol. The van der Waals surface area contributed by atoms with Gasteiger partial charge in [0.15, 0.2) is 0 Å². The predicted octanol–water partition coefficient (Wildman–Crippen LogP) is 1.41. The van der Waals surface area contributed by atoms with Crippen molar-refractivity contribution in [2.24, 2.45) is 0 Å². The molecular formula is C10H16O3. The maximum Gasteiger partial charge on any atom is 0.303 e. The Kier molecular flexibility index (Phi) is 8.38. The van der Waals surface area contributed by atoms with Gasteiger partial charge in [-0.05, 0) is 12.8 Å². The highest BCUT2D eigenvalue weighted by Gasteiger charge is 1.95. The molecule has 0 aromatic rings. The third kappa shape index (κ3) is 11.0. The Morgan fingerprint density at radius 3 is 2.38 bits per heavy atom. The van der Waals surface area contributed by atoms with Gasteiger partial charge in [-0.25, -0.2) is 0 Å². The molecule has 0 aromatic carbocycles. The molecule has 0 fully saturated rings. The summed E-state index contributed by atoms with van der Waals surface area (Å²) in [6.07, 6.45) is 4.78. The normalized spacial score (nSPS) is 9.00. The van der Waals surface area contributed by atoms with Crippen LogP contribution in [0.2, 0.25) is 0 Å². The minimum atomic E-state index is -0.722.